The van der Waals surface area contributed by atoms with E-state index in [9.17, 15) is 10.4 Å². The summed E-state index contributed by atoms with van der Waals surface area (Å²) < 4.78 is 5.30. The molecule has 0 aromatic carbocycles. The fourth-order valence-corrected chi connectivity index (χ4v) is 3.02. The Labute approximate surface area is 91.0 Å². The van der Waals surface area contributed by atoms with Gasteiger partial charge in [0.05, 0.1) is 17.1 Å². The van der Waals surface area contributed by atoms with Crippen molar-refractivity contribution in [2.24, 2.45) is 5.41 Å². The van der Waals surface area contributed by atoms with Gasteiger partial charge in [0.25, 0.3) is 0 Å². The molecule has 1 N–H and O–H groups in total. The van der Waals surface area contributed by atoms with Gasteiger partial charge in [-0.25, -0.2) is 0 Å². The van der Waals surface area contributed by atoms with Crippen LogP contribution in [0.5, 0.6) is 0 Å². The SMILES string of the molecule is N#CC1(C2(O)CCCCC2)CCOCC1. The molecule has 0 radical (unpaired) electrons. The third-order valence-corrected chi connectivity index (χ3v) is 4.13. The van der Waals surface area contributed by atoms with Crippen molar-refractivity contribution in [2.45, 2.75) is 50.5 Å². The van der Waals surface area contributed by atoms with E-state index >= 15 is 0 Å². The highest BCUT2D eigenvalue weighted by atomic mass is 16.5. The van der Waals surface area contributed by atoms with Crippen molar-refractivity contribution in [3.8, 4) is 6.07 Å². The van der Waals surface area contributed by atoms with Crippen LogP contribution in [0, 0.1) is 16.7 Å². The van der Waals surface area contributed by atoms with Crippen LogP contribution in [0.1, 0.15) is 44.9 Å². The minimum atomic E-state index is -0.746. The Balaban J connectivity index is 2.19. The molecule has 3 nitrogen and oxygen atoms in total. The molecule has 84 valence electrons. The van der Waals surface area contributed by atoms with Crippen molar-refractivity contribution >= 4 is 0 Å². The lowest BCUT2D eigenvalue weighted by Crippen LogP contribution is -2.51. The molecule has 1 saturated carbocycles. The van der Waals surface area contributed by atoms with Crippen molar-refractivity contribution in [1.82, 2.24) is 0 Å². The highest BCUT2D eigenvalue weighted by Gasteiger charge is 2.51. The van der Waals surface area contributed by atoms with E-state index in [1.807, 2.05) is 0 Å². The second-order valence-electron chi connectivity index (χ2n) is 4.90. The van der Waals surface area contributed by atoms with Crippen LogP contribution in [-0.4, -0.2) is 23.9 Å². The average Bonchev–Trinajstić information content (AvgIpc) is 2.31. The molecule has 0 unspecified atom stereocenters. The second kappa shape index (κ2) is 4.11. The molecule has 0 spiro atoms. The maximum absolute atomic E-state index is 10.7. The zero-order valence-corrected chi connectivity index (χ0v) is 9.17. The Kier molecular flexibility index (Phi) is 2.99. The Hall–Kier alpha value is -0.590. The number of hydrogen-bond acceptors (Lipinski definition) is 3. The first kappa shape index (κ1) is 10.9. The van der Waals surface area contributed by atoms with Gasteiger partial charge < -0.3 is 9.84 Å². The molecule has 0 bridgehead atoms. The molecule has 2 fully saturated rings. The number of aliphatic hydroxyl groups is 1. The summed E-state index contributed by atoms with van der Waals surface area (Å²) in [6, 6.07) is 2.40. The topological polar surface area (TPSA) is 53.2 Å². The molecule has 1 aliphatic heterocycles. The smallest absolute Gasteiger partial charge is 0.0903 e. The molecule has 1 saturated heterocycles. The minimum Gasteiger partial charge on any atom is -0.388 e. The van der Waals surface area contributed by atoms with Gasteiger partial charge in [0.15, 0.2) is 0 Å². The van der Waals surface area contributed by atoms with Crippen LogP contribution in [0.25, 0.3) is 0 Å². The van der Waals surface area contributed by atoms with E-state index in [1.165, 1.54) is 6.42 Å². The Morgan fingerprint density at radius 2 is 1.60 bits per heavy atom. The summed E-state index contributed by atoms with van der Waals surface area (Å²) in [6.45, 7) is 1.24. The van der Waals surface area contributed by atoms with E-state index in [1.54, 1.807) is 0 Å². The van der Waals surface area contributed by atoms with Crippen molar-refractivity contribution in [1.29, 1.82) is 5.26 Å². The van der Waals surface area contributed by atoms with Crippen LogP contribution in [0.15, 0.2) is 0 Å². The standard InChI is InChI=1S/C12H19NO2/c13-10-11(6-8-15-9-7-11)12(14)4-2-1-3-5-12/h14H,1-9H2. The highest BCUT2D eigenvalue weighted by Crippen LogP contribution is 2.47. The summed E-state index contributed by atoms with van der Waals surface area (Å²) >= 11 is 0. The monoisotopic (exact) mass is 209 g/mol. The molecule has 3 heteroatoms. The minimum absolute atomic E-state index is 0.536. The lowest BCUT2D eigenvalue weighted by molar-refractivity contribution is -0.122. The third-order valence-electron chi connectivity index (χ3n) is 4.13. The lowest BCUT2D eigenvalue weighted by atomic mass is 9.62. The van der Waals surface area contributed by atoms with Crippen molar-refractivity contribution in [3.63, 3.8) is 0 Å². The molecule has 2 rings (SSSR count). The number of nitriles is 1. The van der Waals surface area contributed by atoms with Crippen LogP contribution >= 0.6 is 0 Å². The normalized spacial score (nSPS) is 29.3. The van der Waals surface area contributed by atoms with E-state index in [-0.39, 0.29) is 0 Å². The molecule has 15 heavy (non-hydrogen) atoms. The van der Waals surface area contributed by atoms with Crippen LogP contribution in [0.3, 0.4) is 0 Å². The Morgan fingerprint density at radius 1 is 1.00 bits per heavy atom. The maximum Gasteiger partial charge on any atom is 0.0903 e. The zero-order chi connectivity index (χ0) is 10.8. The van der Waals surface area contributed by atoms with E-state index in [0.29, 0.717) is 26.1 Å². The van der Waals surface area contributed by atoms with Gasteiger partial charge in [-0.3, -0.25) is 0 Å². The van der Waals surface area contributed by atoms with Gasteiger partial charge in [0.2, 0.25) is 0 Å². The van der Waals surface area contributed by atoms with Gasteiger partial charge in [-0.2, -0.15) is 5.26 Å². The molecule has 1 aliphatic carbocycles. The maximum atomic E-state index is 10.7. The number of ether oxygens (including phenoxy) is 1. The molecule has 0 aromatic heterocycles. The fourth-order valence-electron chi connectivity index (χ4n) is 3.02. The fraction of sp³-hybridized carbons (Fsp3) is 0.917. The van der Waals surface area contributed by atoms with Crippen LogP contribution < -0.4 is 0 Å². The first-order valence-corrected chi connectivity index (χ1v) is 5.94. The van der Waals surface area contributed by atoms with E-state index in [2.05, 4.69) is 6.07 Å². The molecular weight excluding hydrogens is 190 g/mol. The summed E-state index contributed by atoms with van der Waals surface area (Å²) in [5, 5.41) is 20.1. The number of rotatable bonds is 1. The Morgan fingerprint density at radius 3 is 2.13 bits per heavy atom. The predicted molar refractivity (Wildman–Crippen MR) is 56.1 cm³/mol. The summed E-state index contributed by atoms with van der Waals surface area (Å²) in [5.74, 6) is 0. The predicted octanol–water partition coefficient (Wildman–Crippen LogP) is 2.00. The molecule has 1 heterocycles. The van der Waals surface area contributed by atoms with E-state index in [4.69, 9.17) is 4.74 Å². The van der Waals surface area contributed by atoms with Gasteiger partial charge in [-0.1, -0.05) is 19.3 Å². The quantitative estimate of drug-likeness (QED) is 0.718. The Bertz CT molecular complexity index is 257. The van der Waals surface area contributed by atoms with Crippen LogP contribution in [-0.2, 0) is 4.74 Å². The lowest BCUT2D eigenvalue weighted by Gasteiger charge is -2.46. The van der Waals surface area contributed by atoms with E-state index in [0.717, 1.165) is 25.7 Å². The van der Waals surface area contributed by atoms with Crippen molar-refractivity contribution < 1.29 is 9.84 Å². The molecule has 0 amide bonds. The second-order valence-corrected chi connectivity index (χ2v) is 4.90. The van der Waals surface area contributed by atoms with E-state index < -0.39 is 11.0 Å². The van der Waals surface area contributed by atoms with Gasteiger partial charge in [0, 0.05) is 13.2 Å². The molecule has 0 atom stereocenters. The molecular formula is C12H19NO2. The third kappa shape index (κ3) is 1.77. The first-order chi connectivity index (χ1) is 7.22. The molecule has 2 aliphatic rings. The van der Waals surface area contributed by atoms with Crippen LogP contribution in [0.4, 0.5) is 0 Å². The van der Waals surface area contributed by atoms with Crippen LogP contribution in [0.2, 0.25) is 0 Å². The number of nitrogens with zero attached hydrogens (tertiary/aromatic N) is 1. The van der Waals surface area contributed by atoms with Gasteiger partial charge in [0.1, 0.15) is 0 Å². The summed E-state index contributed by atoms with van der Waals surface area (Å²) in [6.07, 6.45) is 6.28. The van der Waals surface area contributed by atoms with Gasteiger partial charge in [-0.15, -0.1) is 0 Å². The largest absolute Gasteiger partial charge is 0.388 e. The van der Waals surface area contributed by atoms with Gasteiger partial charge >= 0.3 is 0 Å². The summed E-state index contributed by atoms with van der Waals surface area (Å²) in [4.78, 5) is 0. The summed E-state index contributed by atoms with van der Waals surface area (Å²) in [5.41, 5.74) is -1.28. The summed E-state index contributed by atoms with van der Waals surface area (Å²) in [7, 11) is 0. The first-order valence-electron chi connectivity index (χ1n) is 5.94. The van der Waals surface area contributed by atoms with Crippen molar-refractivity contribution in [2.75, 3.05) is 13.2 Å². The average molecular weight is 209 g/mol. The van der Waals surface area contributed by atoms with Gasteiger partial charge in [-0.05, 0) is 25.7 Å². The zero-order valence-electron chi connectivity index (χ0n) is 9.17. The molecule has 0 aromatic rings. The number of hydrogen-bond donors (Lipinski definition) is 1. The van der Waals surface area contributed by atoms with Crippen molar-refractivity contribution in [3.05, 3.63) is 0 Å². The highest BCUT2D eigenvalue weighted by molar-refractivity contribution is 5.13.